The van der Waals surface area contributed by atoms with E-state index in [2.05, 4.69) is 5.32 Å². The van der Waals surface area contributed by atoms with E-state index in [-0.39, 0.29) is 23.8 Å². The Kier molecular flexibility index (Phi) is 5.83. The maximum Gasteiger partial charge on any atom is 0.308 e. The van der Waals surface area contributed by atoms with Gasteiger partial charge in [0.1, 0.15) is 0 Å². The molecule has 4 heteroatoms. The average molecular weight is 269 g/mol. The highest BCUT2D eigenvalue weighted by molar-refractivity contribution is 5.79. The zero-order chi connectivity index (χ0) is 14.5. The van der Waals surface area contributed by atoms with Crippen LogP contribution in [0, 0.1) is 17.3 Å². The Morgan fingerprint density at radius 1 is 1.21 bits per heavy atom. The predicted molar refractivity (Wildman–Crippen MR) is 74.8 cm³/mol. The molecule has 1 aliphatic carbocycles. The summed E-state index contributed by atoms with van der Waals surface area (Å²) < 4.78 is 0. The molecule has 0 radical (unpaired) electrons. The number of hydrogen-bond acceptors (Lipinski definition) is 2. The Bertz CT molecular complexity index is 314. The molecule has 1 rings (SSSR count). The van der Waals surface area contributed by atoms with Gasteiger partial charge in [0.15, 0.2) is 0 Å². The third-order valence-corrected chi connectivity index (χ3v) is 3.71. The smallest absolute Gasteiger partial charge is 0.308 e. The number of amides is 1. The molecule has 0 aromatic rings. The average Bonchev–Trinajstić information content (AvgIpc) is 2.33. The van der Waals surface area contributed by atoms with E-state index < -0.39 is 11.9 Å². The number of carboxylic acid groups (broad SMARTS) is 1. The van der Waals surface area contributed by atoms with Gasteiger partial charge in [-0.2, -0.15) is 0 Å². The summed E-state index contributed by atoms with van der Waals surface area (Å²) in [7, 11) is 0. The number of aliphatic carboxylic acids is 1. The second-order valence-corrected chi connectivity index (χ2v) is 6.88. The van der Waals surface area contributed by atoms with Crippen molar-refractivity contribution in [2.45, 2.75) is 59.3 Å². The predicted octanol–water partition coefficient (Wildman–Crippen LogP) is 2.82. The Labute approximate surface area is 116 Å². The lowest BCUT2D eigenvalue weighted by atomic mass is 9.84. The topological polar surface area (TPSA) is 66.4 Å². The van der Waals surface area contributed by atoms with Gasteiger partial charge in [-0.25, -0.2) is 0 Å². The van der Waals surface area contributed by atoms with Crippen LogP contribution in [0.25, 0.3) is 0 Å². The van der Waals surface area contributed by atoms with Gasteiger partial charge in [-0.3, -0.25) is 9.59 Å². The van der Waals surface area contributed by atoms with Crippen molar-refractivity contribution in [2.75, 3.05) is 6.54 Å². The summed E-state index contributed by atoms with van der Waals surface area (Å²) in [4.78, 5) is 23.2. The molecule has 0 saturated heterocycles. The van der Waals surface area contributed by atoms with Gasteiger partial charge in [0.25, 0.3) is 0 Å². The molecule has 0 spiro atoms. The molecule has 0 heterocycles. The summed E-state index contributed by atoms with van der Waals surface area (Å²) in [5.74, 6) is -1.18. The van der Waals surface area contributed by atoms with E-state index in [9.17, 15) is 14.7 Å². The number of carboxylic acids is 1. The molecular weight excluding hydrogens is 242 g/mol. The summed E-state index contributed by atoms with van der Waals surface area (Å²) in [6.07, 6.45) is 5.91. The van der Waals surface area contributed by atoms with Crippen LogP contribution in [0.1, 0.15) is 59.3 Å². The highest BCUT2D eigenvalue weighted by Crippen LogP contribution is 2.25. The summed E-state index contributed by atoms with van der Waals surface area (Å²) >= 11 is 0. The minimum absolute atomic E-state index is 0.0415. The van der Waals surface area contributed by atoms with Gasteiger partial charge in [0.2, 0.25) is 5.91 Å². The summed E-state index contributed by atoms with van der Waals surface area (Å²) in [6.45, 7) is 6.31. The van der Waals surface area contributed by atoms with Crippen LogP contribution >= 0.6 is 0 Å². The van der Waals surface area contributed by atoms with Gasteiger partial charge in [-0.15, -0.1) is 0 Å². The van der Waals surface area contributed by atoms with Crippen LogP contribution in [0.15, 0.2) is 0 Å². The third-order valence-electron chi connectivity index (χ3n) is 3.71. The van der Waals surface area contributed by atoms with Crippen molar-refractivity contribution in [3.8, 4) is 0 Å². The fourth-order valence-corrected chi connectivity index (χ4v) is 2.72. The van der Waals surface area contributed by atoms with Gasteiger partial charge in [0, 0.05) is 12.5 Å². The first-order chi connectivity index (χ1) is 8.79. The number of carbonyl (C=O) groups is 2. The number of nitrogens with one attached hydrogen (secondary N) is 1. The number of carbonyl (C=O) groups excluding carboxylic acids is 1. The fourth-order valence-electron chi connectivity index (χ4n) is 2.72. The van der Waals surface area contributed by atoms with Crippen molar-refractivity contribution in [1.29, 1.82) is 0 Å². The van der Waals surface area contributed by atoms with E-state index in [0.29, 0.717) is 6.42 Å². The molecule has 1 unspecified atom stereocenters. The Hall–Kier alpha value is -1.06. The van der Waals surface area contributed by atoms with Gasteiger partial charge in [-0.05, 0) is 24.7 Å². The molecule has 19 heavy (non-hydrogen) atoms. The van der Waals surface area contributed by atoms with E-state index in [1.165, 1.54) is 6.42 Å². The van der Waals surface area contributed by atoms with Crippen LogP contribution in [-0.2, 0) is 9.59 Å². The van der Waals surface area contributed by atoms with Crippen molar-refractivity contribution < 1.29 is 14.7 Å². The quantitative estimate of drug-likeness (QED) is 0.806. The molecule has 1 amide bonds. The zero-order valence-electron chi connectivity index (χ0n) is 12.4. The SMILES string of the molecule is CC(C)(C)CC(CNC(=O)C1CCCCC1)C(=O)O. The van der Waals surface area contributed by atoms with Gasteiger partial charge in [0.05, 0.1) is 5.92 Å². The molecule has 0 aromatic carbocycles. The molecule has 0 aliphatic heterocycles. The molecule has 110 valence electrons. The van der Waals surface area contributed by atoms with Crippen molar-refractivity contribution in [3.05, 3.63) is 0 Å². The summed E-state index contributed by atoms with van der Waals surface area (Å²) in [6, 6.07) is 0. The fraction of sp³-hybridized carbons (Fsp3) is 0.867. The maximum atomic E-state index is 12.0. The van der Waals surface area contributed by atoms with Gasteiger partial charge >= 0.3 is 5.97 Å². The molecule has 4 nitrogen and oxygen atoms in total. The van der Waals surface area contributed by atoms with Crippen molar-refractivity contribution >= 4 is 11.9 Å². The van der Waals surface area contributed by atoms with Crippen LogP contribution < -0.4 is 5.32 Å². The van der Waals surface area contributed by atoms with Crippen molar-refractivity contribution in [3.63, 3.8) is 0 Å². The normalized spacial score (nSPS) is 18.9. The van der Waals surface area contributed by atoms with E-state index in [1.807, 2.05) is 20.8 Å². The van der Waals surface area contributed by atoms with Gasteiger partial charge < -0.3 is 10.4 Å². The Balaban J connectivity index is 2.42. The van der Waals surface area contributed by atoms with E-state index in [0.717, 1.165) is 25.7 Å². The highest BCUT2D eigenvalue weighted by Gasteiger charge is 2.27. The molecule has 1 saturated carbocycles. The Morgan fingerprint density at radius 2 is 1.79 bits per heavy atom. The molecule has 2 N–H and O–H groups in total. The van der Waals surface area contributed by atoms with Crippen LogP contribution in [0.5, 0.6) is 0 Å². The van der Waals surface area contributed by atoms with Crippen molar-refractivity contribution in [2.24, 2.45) is 17.3 Å². The van der Waals surface area contributed by atoms with E-state index >= 15 is 0 Å². The lowest BCUT2D eigenvalue weighted by Crippen LogP contribution is -2.38. The summed E-state index contributed by atoms with van der Waals surface area (Å²) in [5.41, 5.74) is -0.0430. The lowest BCUT2D eigenvalue weighted by Gasteiger charge is -2.25. The molecule has 1 atom stereocenters. The molecule has 0 aromatic heterocycles. The minimum Gasteiger partial charge on any atom is -0.481 e. The van der Waals surface area contributed by atoms with Crippen LogP contribution in [0.2, 0.25) is 0 Å². The molecule has 1 aliphatic rings. The second kappa shape index (κ2) is 6.92. The largest absolute Gasteiger partial charge is 0.481 e. The number of hydrogen-bond donors (Lipinski definition) is 2. The zero-order valence-corrected chi connectivity index (χ0v) is 12.4. The first-order valence-corrected chi connectivity index (χ1v) is 7.30. The maximum absolute atomic E-state index is 12.0. The lowest BCUT2D eigenvalue weighted by molar-refractivity contribution is -0.142. The second-order valence-electron chi connectivity index (χ2n) is 6.88. The highest BCUT2D eigenvalue weighted by atomic mass is 16.4. The van der Waals surface area contributed by atoms with E-state index in [1.54, 1.807) is 0 Å². The van der Waals surface area contributed by atoms with Crippen LogP contribution in [0.4, 0.5) is 0 Å². The molecule has 0 bridgehead atoms. The first kappa shape index (κ1) is 16.0. The summed E-state index contributed by atoms with van der Waals surface area (Å²) in [5, 5.41) is 12.0. The van der Waals surface area contributed by atoms with E-state index in [4.69, 9.17) is 0 Å². The van der Waals surface area contributed by atoms with Crippen LogP contribution in [-0.4, -0.2) is 23.5 Å². The van der Waals surface area contributed by atoms with Gasteiger partial charge in [-0.1, -0.05) is 40.0 Å². The minimum atomic E-state index is -0.820. The van der Waals surface area contributed by atoms with Crippen LogP contribution in [0.3, 0.4) is 0 Å². The van der Waals surface area contributed by atoms with Crippen molar-refractivity contribution in [1.82, 2.24) is 5.32 Å². The monoisotopic (exact) mass is 269 g/mol. The first-order valence-electron chi connectivity index (χ1n) is 7.30. The Morgan fingerprint density at radius 3 is 2.26 bits per heavy atom. The standard InChI is InChI=1S/C15H27NO3/c1-15(2,3)9-12(14(18)19)10-16-13(17)11-7-5-4-6-8-11/h11-12H,4-10H2,1-3H3,(H,16,17)(H,18,19). The number of rotatable bonds is 5. The molecule has 1 fully saturated rings. The third kappa shape index (κ3) is 6.08. The molecular formula is C15H27NO3.